The summed E-state index contributed by atoms with van der Waals surface area (Å²) in [6.45, 7) is 3.95. The van der Waals surface area contributed by atoms with Crippen LogP contribution in [0, 0.1) is 6.92 Å². The van der Waals surface area contributed by atoms with Crippen LogP contribution < -0.4 is 10.9 Å². The van der Waals surface area contributed by atoms with Gasteiger partial charge in [0.15, 0.2) is 0 Å². The van der Waals surface area contributed by atoms with Crippen molar-refractivity contribution >= 4 is 29.5 Å². The van der Waals surface area contributed by atoms with E-state index in [4.69, 9.17) is 11.6 Å². The van der Waals surface area contributed by atoms with Crippen LogP contribution in [0.1, 0.15) is 34.0 Å². The van der Waals surface area contributed by atoms with E-state index in [9.17, 15) is 9.59 Å². The van der Waals surface area contributed by atoms with E-state index in [-0.39, 0.29) is 5.91 Å². The van der Waals surface area contributed by atoms with Gasteiger partial charge in [-0.05, 0) is 54.3 Å². The number of nitrogens with one attached hydrogen (secondary N) is 2. The van der Waals surface area contributed by atoms with Crippen LogP contribution in [-0.2, 0) is 11.2 Å². The van der Waals surface area contributed by atoms with Crippen LogP contribution in [0.3, 0.4) is 0 Å². The molecule has 2 aromatic rings. The quantitative estimate of drug-likeness (QED) is 0.657. The second-order valence-corrected chi connectivity index (χ2v) is 5.74. The smallest absolute Gasteiger partial charge is 0.268 e. The molecule has 2 rings (SSSR count). The highest BCUT2D eigenvalue weighted by molar-refractivity contribution is 6.31. The van der Waals surface area contributed by atoms with Crippen molar-refractivity contribution < 1.29 is 9.59 Å². The Kier molecular flexibility index (Phi) is 6.15. The van der Waals surface area contributed by atoms with Gasteiger partial charge in [-0.1, -0.05) is 42.8 Å². The van der Waals surface area contributed by atoms with Gasteiger partial charge in [-0.25, -0.2) is 0 Å². The standard InChI is InChI=1S/C19H19ClN2O2/c1-3-14-6-9-16(10-7-14)19(24)22-21-18(23)11-8-15-5-4-13(2)17(20)12-15/h4-12H,3H2,1-2H3,(H,21,23)(H,22,24)/b11-8+. The van der Waals surface area contributed by atoms with Gasteiger partial charge in [0, 0.05) is 16.7 Å². The van der Waals surface area contributed by atoms with Gasteiger partial charge in [0.05, 0.1) is 0 Å². The Balaban J connectivity index is 1.88. The molecule has 24 heavy (non-hydrogen) atoms. The molecule has 0 aliphatic rings. The lowest BCUT2D eigenvalue weighted by Gasteiger charge is -2.06. The highest BCUT2D eigenvalue weighted by Gasteiger charge is 2.05. The summed E-state index contributed by atoms with van der Waals surface area (Å²) in [6.07, 6.45) is 3.87. The van der Waals surface area contributed by atoms with Crippen molar-refractivity contribution in [2.75, 3.05) is 0 Å². The summed E-state index contributed by atoms with van der Waals surface area (Å²) < 4.78 is 0. The summed E-state index contributed by atoms with van der Waals surface area (Å²) in [5.41, 5.74) is 8.14. The number of carbonyl (C=O) groups excluding carboxylic acids is 2. The molecule has 124 valence electrons. The molecule has 0 saturated heterocycles. The van der Waals surface area contributed by atoms with Crippen molar-refractivity contribution in [3.8, 4) is 0 Å². The monoisotopic (exact) mass is 342 g/mol. The lowest BCUT2D eigenvalue weighted by Crippen LogP contribution is -2.40. The topological polar surface area (TPSA) is 58.2 Å². The SMILES string of the molecule is CCc1ccc(C(=O)NNC(=O)/C=C/c2ccc(C)c(Cl)c2)cc1. The number of hydrazine groups is 1. The Hall–Kier alpha value is -2.59. The van der Waals surface area contributed by atoms with Crippen LogP contribution in [0.25, 0.3) is 6.08 Å². The third-order valence-electron chi connectivity index (χ3n) is 3.55. The summed E-state index contributed by atoms with van der Waals surface area (Å²) >= 11 is 6.03. The summed E-state index contributed by atoms with van der Waals surface area (Å²) in [5.74, 6) is -0.789. The van der Waals surface area contributed by atoms with E-state index in [0.717, 1.165) is 23.1 Å². The molecular formula is C19H19ClN2O2. The van der Waals surface area contributed by atoms with Crippen molar-refractivity contribution in [3.05, 3.63) is 75.8 Å². The minimum Gasteiger partial charge on any atom is -0.268 e. The fourth-order valence-electron chi connectivity index (χ4n) is 2.01. The average molecular weight is 343 g/mol. The van der Waals surface area contributed by atoms with Gasteiger partial charge in [-0.15, -0.1) is 0 Å². The molecule has 0 atom stereocenters. The maximum atomic E-state index is 11.9. The molecule has 0 unspecified atom stereocenters. The molecule has 0 heterocycles. The van der Waals surface area contributed by atoms with Gasteiger partial charge < -0.3 is 0 Å². The Morgan fingerprint density at radius 1 is 1.08 bits per heavy atom. The fourth-order valence-corrected chi connectivity index (χ4v) is 2.20. The van der Waals surface area contributed by atoms with Gasteiger partial charge in [0.2, 0.25) is 0 Å². The van der Waals surface area contributed by atoms with Crippen LogP contribution in [0.15, 0.2) is 48.5 Å². The molecule has 0 aromatic heterocycles. The predicted molar refractivity (Wildman–Crippen MR) is 96.7 cm³/mol. The Bertz CT molecular complexity index is 767. The largest absolute Gasteiger partial charge is 0.269 e. The lowest BCUT2D eigenvalue weighted by atomic mass is 10.1. The zero-order valence-electron chi connectivity index (χ0n) is 13.6. The summed E-state index contributed by atoms with van der Waals surface area (Å²) in [7, 11) is 0. The van der Waals surface area contributed by atoms with Crippen molar-refractivity contribution in [3.63, 3.8) is 0 Å². The molecule has 0 fully saturated rings. The molecule has 2 N–H and O–H groups in total. The van der Waals surface area contributed by atoms with Gasteiger partial charge in [0.1, 0.15) is 0 Å². The van der Waals surface area contributed by atoms with Gasteiger partial charge >= 0.3 is 0 Å². The first-order valence-corrected chi connectivity index (χ1v) is 8.01. The first-order valence-electron chi connectivity index (χ1n) is 7.63. The molecule has 4 nitrogen and oxygen atoms in total. The first-order chi connectivity index (χ1) is 11.5. The van der Waals surface area contributed by atoms with Crippen molar-refractivity contribution in [2.45, 2.75) is 20.3 Å². The van der Waals surface area contributed by atoms with Crippen LogP contribution in [0.5, 0.6) is 0 Å². The van der Waals surface area contributed by atoms with Crippen LogP contribution in [0.2, 0.25) is 5.02 Å². The van der Waals surface area contributed by atoms with Gasteiger partial charge in [-0.2, -0.15) is 0 Å². The zero-order valence-corrected chi connectivity index (χ0v) is 14.4. The van der Waals surface area contributed by atoms with Crippen LogP contribution in [0.4, 0.5) is 0 Å². The van der Waals surface area contributed by atoms with Gasteiger partial charge in [-0.3, -0.25) is 20.4 Å². The number of halogens is 1. The molecule has 2 amide bonds. The molecule has 2 aromatic carbocycles. The molecule has 0 aliphatic heterocycles. The van der Waals surface area contributed by atoms with E-state index in [2.05, 4.69) is 10.9 Å². The molecule has 0 aliphatic carbocycles. The molecule has 0 radical (unpaired) electrons. The number of hydrogen-bond acceptors (Lipinski definition) is 2. The lowest BCUT2D eigenvalue weighted by molar-refractivity contribution is -0.117. The number of hydrogen-bond donors (Lipinski definition) is 2. The van der Waals surface area contributed by atoms with E-state index in [1.54, 1.807) is 24.3 Å². The first kappa shape index (κ1) is 17.8. The van der Waals surface area contributed by atoms with E-state index < -0.39 is 5.91 Å². The van der Waals surface area contributed by atoms with Crippen LogP contribution in [-0.4, -0.2) is 11.8 Å². The maximum Gasteiger partial charge on any atom is 0.269 e. The van der Waals surface area contributed by atoms with E-state index >= 15 is 0 Å². The minimum absolute atomic E-state index is 0.363. The van der Waals surface area contributed by atoms with E-state index in [1.165, 1.54) is 6.08 Å². The minimum atomic E-state index is -0.426. The zero-order chi connectivity index (χ0) is 17.5. The second kappa shape index (κ2) is 8.31. The number of rotatable bonds is 4. The Morgan fingerprint density at radius 3 is 2.42 bits per heavy atom. The number of aryl methyl sites for hydroxylation is 2. The third-order valence-corrected chi connectivity index (χ3v) is 3.95. The second-order valence-electron chi connectivity index (χ2n) is 5.34. The summed E-state index contributed by atoms with van der Waals surface area (Å²) in [5, 5.41) is 0.640. The molecule has 0 bridgehead atoms. The fraction of sp³-hybridized carbons (Fsp3) is 0.158. The average Bonchev–Trinajstić information content (AvgIpc) is 2.60. The van der Waals surface area contributed by atoms with E-state index in [1.807, 2.05) is 38.1 Å². The number of benzene rings is 2. The van der Waals surface area contributed by atoms with Crippen LogP contribution >= 0.6 is 11.6 Å². The van der Waals surface area contributed by atoms with Crippen molar-refractivity contribution in [2.24, 2.45) is 0 Å². The van der Waals surface area contributed by atoms with Gasteiger partial charge in [0.25, 0.3) is 11.8 Å². The highest BCUT2D eigenvalue weighted by atomic mass is 35.5. The third kappa shape index (κ3) is 4.96. The predicted octanol–water partition coefficient (Wildman–Crippen LogP) is 3.69. The number of amides is 2. The molecule has 0 saturated carbocycles. The van der Waals surface area contributed by atoms with E-state index in [0.29, 0.717) is 10.6 Å². The molecule has 5 heteroatoms. The van der Waals surface area contributed by atoms with Crippen molar-refractivity contribution in [1.82, 2.24) is 10.9 Å². The molecule has 0 spiro atoms. The Labute approximate surface area is 146 Å². The maximum absolute atomic E-state index is 11.9. The summed E-state index contributed by atoms with van der Waals surface area (Å²) in [4.78, 5) is 23.7. The molecular weight excluding hydrogens is 324 g/mol. The van der Waals surface area contributed by atoms with Crippen molar-refractivity contribution in [1.29, 1.82) is 0 Å². The normalized spacial score (nSPS) is 10.6. The summed E-state index contributed by atoms with van der Waals surface area (Å²) in [6, 6.07) is 12.7. The number of carbonyl (C=O) groups is 2. The highest BCUT2D eigenvalue weighted by Crippen LogP contribution is 2.17. The Morgan fingerprint density at radius 2 is 1.79 bits per heavy atom.